The summed E-state index contributed by atoms with van der Waals surface area (Å²) in [5.41, 5.74) is 1.80. The smallest absolute Gasteiger partial charge is 0.363 e. The molecule has 0 aliphatic heterocycles. The second kappa shape index (κ2) is 6.54. The SMILES string of the molecule is CC(=O)c1ccc(OC(=O)c2csc(-c3ccccc3)n2)cc1. The number of carbonyl (C=O) groups excluding carboxylic acids is 2. The zero-order valence-electron chi connectivity index (χ0n) is 12.4. The fourth-order valence-corrected chi connectivity index (χ4v) is 2.79. The van der Waals surface area contributed by atoms with Gasteiger partial charge in [-0.3, -0.25) is 4.79 Å². The molecule has 2 aromatic carbocycles. The molecule has 0 aliphatic carbocycles. The minimum Gasteiger partial charge on any atom is -0.422 e. The van der Waals surface area contributed by atoms with Crippen LogP contribution >= 0.6 is 11.3 Å². The molecule has 3 rings (SSSR count). The predicted molar refractivity (Wildman–Crippen MR) is 89.0 cm³/mol. The number of ether oxygens (including phenoxy) is 1. The zero-order valence-corrected chi connectivity index (χ0v) is 13.2. The van der Waals surface area contributed by atoms with E-state index in [9.17, 15) is 9.59 Å². The van der Waals surface area contributed by atoms with Gasteiger partial charge >= 0.3 is 5.97 Å². The van der Waals surface area contributed by atoms with Crippen LogP contribution in [0.25, 0.3) is 10.6 Å². The summed E-state index contributed by atoms with van der Waals surface area (Å²) >= 11 is 1.39. The van der Waals surface area contributed by atoms with Crippen LogP contribution in [0, 0.1) is 0 Å². The highest BCUT2D eigenvalue weighted by Crippen LogP contribution is 2.24. The topological polar surface area (TPSA) is 56.3 Å². The van der Waals surface area contributed by atoms with E-state index in [0.29, 0.717) is 11.3 Å². The van der Waals surface area contributed by atoms with Gasteiger partial charge in [-0.1, -0.05) is 30.3 Å². The lowest BCUT2D eigenvalue weighted by molar-refractivity contribution is 0.0729. The summed E-state index contributed by atoms with van der Waals surface area (Å²) in [6.45, 7) is 1.49. The van der Waals surface area contributed by atoms with E-state index in [1.807, 2.05) is 30.3 Å². The molecular weight excluding hydrogens is 310 g/mol. The quantitative estimate of drug-likeness (QED) is 0.409. The van der Waals surface area contributed by atoms with E-state index in [4.69, 9.17) is 4.74 Å². The molecule has 0 unspecified atom stereocenters. The van der Waals surface area contributed by atoms with E-state index < -0.39 is 5.97 Å². The molecule has 5 heteroatoms. The van der Waals surface area contributed by atoms with Crippen molar-refractivity contribution in [2.24, 2.45) is 0 Å². The van der Waals surface area contributed by atoms with Crippen LogP contribution in [0.4, 0.5) is 0 Å². The maximum Gasteiger partial charge on any atom is 0.363 e. The molecule has 4 nitrogen and oxygen atoms in total. The molecule has 0 fully saturated rings. The van der Waals surface area contributed by atoms with Crippen molar-refractivity contribution in [3.8, 4) is 16.3 Å². The number of Topliss-reactive ketones (excluding diaryl/α,β-unsaturated/α-hetero) is 1. The highest BCUT2D eigenvalue weighted by molar-refractivity contribution is 7.13. The summed E-state index contributed by atoms with van der Waals surface area (Å²) in [6, 6.07) is 16.1. The Morgan fingerprint density at radius 2 is 1.70 bits per heavy atom. The fraction of sp³-hybridized carbons (Fsp3) is 0.0556. The van der Waals surface area contributed by atoms with Gasteiger partial charge < -0.3 is 4.74 Å². The van der Waals surface area contributed by atoms with Crippen LogP contribution in [0.1, 0.15) is 27.8 Å². The van der Waals surface area contributed by atoms with Gasteiger partial charge in [-0.25, -0.2) is 9.78 Å². The number of aromatic nitrogens is 1. The second-order valence-corrected chi connectivity index (χ2v) is 5.73. The molecule has 0 radical (unpaired) electrons. The van der Waals surface area contributed by atoms with Crippen LogP contribution < -0.4 is 4.74 Å². The second-order valence-electron chi connectivity index (χ2n) is 4.87. The van der Waals surface area contributed by atoms with Crippen molar-refractivity contribution in [3.05, 3.63) is 71.2 Å². The van der Waals surface area contributed by atoms with E-state index in [1.54, 1.807) is 29.6 Å². The Morgan fingerprint density at radius 1 is 1.00 bits per heavy atom. The molecule has 0 saturated carbocycles. The van der Waals surface area contributed by atoms with Gasteiger partial charge in [0.15, 0.2) is 11.5 Å². The number of hydrogen-bond donors (Lipinski definition) is 0. The van der Waals surface area contributed by atoms with Gasteiger partial charge in [-0.2, -0.15) is 0 Å². The minimum absolute atomic E-state index is 0.0325. The average molecular weight is 323 g/mol. The number of carbonyl (C=O) groups is 2. The molecule has 0 aliphatic rings. The van der Waals surface area contributed by atoms with E-state index in [1.165, 1.54) is 18.3 Å². The number of rotatable bonds is 4. The van der Waals surface area contributed by atoms with Gasteiger partial charge in [0, 0.05) is 16.5 Å². The first kappa shape index (κ1) is 15.1. The Labute approximate surface area is 137 Å². The average Bonchev–Trinajstić information content (AvgIpc) is 3.06. The third kappa shape index (κ3) is 3.52. The van der Waals surface area contributed by atoms with Crippen LogP contribution in [0.15, 0.2) is 60.0 Å². The molecule has 114 valence electrons. The first-order valence-corrected chi connectivity index (χ1v) is 7.85. The third-order valence-corrected chi connectivity index (χ3v) is 4.10. The Balaban J connectivity index is 1.74. The van der Waals surface area contributed by atoms with Gasteiger partial charge in [0.2, 0.25) is 0 Å². The molecule has 1 aromatic heterocycles. The molecule has 0 saturated heterocycles. The van der Waals surface area contributed by atoms with Crippen molar-refractivity contribution in [2.45, 2.75) is 6.92 Å². The lowest BCUT2D eigenvalue weighted by atomic mass is 10.1. The van der Waals surface area contributed by atoms with Crippen molar-refractivity contribution in [2.75, 3.05) is 0 Å². The normalized spacial score (nSPS) is 10.3. The minimum atomic E-state index is -0.515. The number of hydrogen-bond acceptors (Lipinski definition) is 5. The summed E-state index contributed by atoms with van der Waals surface area (Å²) in [7, 11) is 0. The van der Waals surface area contributed by atoms with Gasteiger partial charge in [0.25, 0.3) is 0 Å². The maximum absolute atomic E-state index is 12.1. The lowest BCUT2D eigenvalue weighted by Crippen LogP contribution is -2.09. The Hall–Kier alpha value is -2.79. The molecule has 1 heterocycles. The van der Waals surface area contributed by atoms with Gasteiger partial charge in [-0.05, 0) is 31.2 Å². The van der Waals surface area contributed by atoms with Crippen molar-refractivity contribution in [1.29, 1.82) is 0 Å². The summed E-state index contributed by atoms with van der Waals surface area (Å²) in [5, 5.41) is 2.44. The van der Waals surface area contributed by atoms with Crippen molar-refractivity contribution < 1.29 is 14.3 Å². The zero-order chi connectivity index (χ0) is 16.2. The molecule has 23 heavy (non-hydrogen) atoms. The molecule has 0 atom stereocenters. The van der Waals surface area contributed by atoms with Crippen molar-refractivity contribution in [3.63, 3.8) is 0 Å². The molecule has 0 N–H and O–H groups in total. The Bertz CT molecular complexity index is 838. The summed E-state index contributed by atoms with van der Waals surface area (Å²) < 4.78 is 5.28. The standard InChI is InChI=1S/C18H13NO3S/c1-12(20)13-7-9-15(10-8-13)22-18(21)16-11-23-17(19-16)14-5-3-2-4-6-14/h2-11H,1H3. The number of esters is 1. The van der Waals surface area contributed by atoms with Crippen molar-refractivity contribution >= 4 is 23.1 Å². The van der Waals surface area contributed by atoms with Crippen LogP contribution in [0.5, 0.6) is 5.75 Å². The molecule has 0 amide bonds. The monoisotopic (exact) mass is 323 g/mol. The highest BCUT2D eigenvalue weighted by Gasteiger charge is 2.14. The summed E-state index contributed by atoms with van der Waals surface area (Å²) in [5.74, 6) is -0.164. The van der Waals surface area contributed by atoms with Gasteiger partial charge in [0.05, 0.1) is 0 Å². The van der Waals surface area contributed by atoms with Crippen LogP contribution in [0.3, 0.4) is 0 Å². The molecular formula is C18H13NO3S. The summed E-state index contributed by atoms with van der Waals surface area (Å²) in [4.78, 5) is 27.7. The molecule has 3 aromatic rings. The Morgan fingerprint density at radius 3 is 2.35 bits per heavy atom. The van der Waals surface area contributed by atoms with E-state index >= 15 is 0 Å². The largest absolute Gasteiger partial charge is 0.422 e. The van der Waals surface area contributed by atoms with E-state index in [0.717, 1.165) is 10.6 Å². The number of nitrogens with zero attached hydrogens (tertiary/aromatic N) is 1. The van der Waals surface area contributed by atoms with Crippen LogP contribution in [-0.2, 0) is 0 Å². The van der Waals surface area contributed by atoms with Gasteiger partial charge in [-0.15, -0.1) is 11.3 Å². The summed E-state index contributed by atoms with van der Waals surface area (Å²) in [6.07, 6.45) is 0. The van der Waals surface area contributed by atoms with Crippen LogP contribution in [0.2, 0.25) is 0 Å². The third-order valence-electron chi connectivity index (χ3n) is 3.21. The lowest BCUT2D eigenvalue weighted by Gasteiger charge is -2.02. The van der Waals surface area contributed by atoms with Gasteiger partial charge in [0.1, 0.15) is 10.8 Å². The Kier molecular flexibility index (Phi) is 4.30. The van der Waals surface area contributed by atoms with Crippen LogP contribution in [-0.4, -0.2) is 16.7 Å². The first-order chi connectivity index (χ1) is 11.1. The van der Waals surface area contributed by atoms with E-state index in [2.05, 4.69) is 4.98 Å². The highest BCUT2D eigenvalue weighted by atomic mass is 32.1. The number of benzene rings is 2. The number of ketones is 1. The number of thiazole rings is 1. The maximum atomic E-state index is 12.1. The molecule has 0 bridgehead atoms. The molecule has 0 spiro atoms. The predicted octanol–water partition coefficient (Wildman–Crippen LogP) is 4.23. The van der Waals surface area contributed by atoms with Crippen molar-refractivity contribution in [1.82, 2.24) is 4.98 Å². The first-order valence-electron chi connectivity index (χ1n) is 6.97. The van der Waals surface area contributed by atoms with E-state index in [-0.39, 0.29) is 11.5 Å². The fourth-order valence-electron chi connectivity index (χ4n) is 2.00.